The summed E-state index contributed by atoms with van der Waals surface area (Å²) < 4.78 is 57.6. The molecule has 28 heteroatoms. The molecule has 24 nitrogen and oxygen atoms in total. The second-order valence-corrected chi connectivity index (χ2v) is 34.6. The Bertz CT molecular complexity index is 4060. The summed E-state index contributed by atoms with van der Waals surface area (Å²) >= 11 is 0. The minimum atomic E-state index is -4.67. The van der Waals surface area contributed by atoms with Crippen LogP contribution in [0.2, 0.25) is 0 Å². The van der Waals surface area contributed by atoms with Gasteiger partial charge in [-0.3, -0.25) is 47.9 Å². The lowest BCUT2D eigenvalue weighted by Gasteiger charge is -2.36. The number of nitrogens with zero attached hydrogens (tertiary/aromatic N) is 5. The minimum absolute atomic E-state index is 0.0637. The van der Waals surface area contributed by atoms with Crippen LogP contribution in [-0.4, -0.2) is 168 Å². The van der Waals surface area contributed by atoms with E-state index in [1.54, 1.807) is 53.4 Å². The second-order valence-electron chi connectivity index (χ2n) is 25.0. The lowest BCUT2D eigenvalue weighted by atomic mass is 9.72. The van der Waals surface area contributed by atoms with Crippen molar-refractivity contribution >= 4 is 69.9 Å². The third kappa shape index (κ3) is 16.3. The largest absolute Gasteiger partial charge is 0.508 e. The van der Waals surface area contributed by atoms with Crippen LogP contribution in [0.15, 0.2) is 129 Å². The van der Waals surface area contributed by atoms with Gasteiger partial charge in [-0.25, -0.2) is 4.79 Å². The van der Waals surface area contributed by atoms with Crippen molar-refractivity contribution < 1.29 is 71.7 Å². The van der Waals surface area contributed by atoms with Gasteiger partial charge in [0.1, 0.15) is 28.9 Å². The Labute approximate surface area is 525 Å². The number of rotatable bonds is 19. The molecular weight excluding hydrogens is 1250 g/mol. The average molecular weight is 1330 g/mol. The minimum Gasteiger partial charge on any atom is -0.508 e. The van der Waals surface area contributed by atoms with Crippen LogP contribution in [0, 0.1) is 23.7 Å². The molecule has 10 N–H and O–H groups in total. The van der Waals surface area contributed by atoms with E-state index in [9.17, 15) is 72.1 Å². The first-order valence-electron chi connectivity index (χ1n) is 30.5. The van der Waals surface area contributed by atoms with Gasteiger partial charge in [0.05, 0.1) is 30.0 Å². The maximum absolute atomic E-state index is 13.8. The molecule has 91 heavy (non-hydrogen) atoms. The summed E-state index contributed by atoms with van der Waals surface area (Å²) in [5.41, 5.74) is 10.3. The molecule has 7 aliphatic rings. The fourth-order valence-corrected chi connectivity index (χ4v) is 22.9. The van der Waals surface area contributed by atoms with E-state index in [-0.39, 0.29) is 88.5 Å². The van der Waals surface area contributed by atoms with Gasteiger partial charge in [-0.15, -0.1) is 0 Å². The third-order valence-corrected chi connectivity index (χ3v) is 27.4. The molecule has 9 atom stereocenters. The highest BCUT2D eigenvalue weighted by atomic mass is 31.2. The van der Waals surface area contributed by atoms with Crippen molar-refractivity contribution in [3.63, 3.8) is 0 Å². The molecule has 2 amide bonds. The Balaban J connectivity index is 0.645. The van der Waals surface area contributed by atoms with Crippen molar-refractivity contribution in [2.75, 3.05) is 95.1 Å². The number of carboxylic acid groups (broad SMARTS) is 1. The van der Waals surface area contributed by atoms with Crippen LogP contribution in [0.25, 0.3) is 33.4 Å². The molecule has 0 radical (unpaired) electrons. The van der Waals surface area contributed by atoms with Crippen molar-refractivity contribution in [1.29, 1.82) is 0 Å². The number of fused-ring (bicyclic) bond motifs is 10. The van der Waals surface area contributed by atoms with Gasteiger partial charge in [0.15, 0.2) is 5.43 Å². The van der Waals surface area contributed by atoms with Crippen LogP contribution in [0.3, 0.4) is 0 Å². The van der Waals surface area contributed by atoms with E-state index in [4.69, 9.17) is 9.52 Å². The highest BCUT2D eigenvalue weighted by Gasteiger charge is 2.53. The lowest BCUT2D eigenvalue weighted by Crippen LogP contribution is -2.47. The summed E-state index contributed by atoms with van der Waals surface area (Å²) in [4.78, 5) is 112. The van der Waals surface area contributed by atoms with Gasteiger partial charge in [-0.1, -0.05) is 42.5 Å². The standard InChI is InChI=1S/C63H76N8O16P4/c1-40-58-53-30-46(59(58)61(67-66-40)43-8-4-41(5-9-43)34-64-62(75)44-10-15-50(54(29-44)63(76)77)60-51-16-13-48(72)32-55(51)87-56-33-49(73)14-17-52(56)60)28-45(53)31-57(74)65-47-11-6-42(7-12-47)35-88(78,79)38-89(80,81)36-70-20-2-18-69-23-22-68(24-26-70)19-3-21-71(27-25-69)37-90(82,83)39-91(84,85)86/h4-17,29,32-33,45-46,53,59,66,72H,2-3,18-28,30-31,34-39H2,1H3,(H,64,75)(H,65,74)(H,76,77)(H,78,79)(H,80,81)(H,82,83)(H2,84,85,86). The summed E-state index contributed by atoms with van der Waals surface area (Å²) in [6, 6.07) is 27.5. The molecule has 11 rings (SSSR count). The smallest absolute Gasteiger partial charge is 0.336 e. The molecule has 4 aliphatic heterocycles. The number of hydrogen-bond donors (Lipinski definition) is 10. The fraction of sp³-hybridized carbons (Fsp3) is 0.413. The Hall–Kier alpha value is -6.45. The van der Waals surface area contributed by atoms with Gasteiger partial charge in [0.2, 0.25) is 28.0 Å². The first-order valence-corrected chi connectivity index (χ1v) is 38.3. The zero-order valence-corrected chi connectivity index (χ0v) is 53.9. The van der Waals surface area contributed by atoms with Gasteiger partial charge < -0.3 is 59.5 Å². The molecule has 2 saturated carbocycles. The molecule has 484 valence electrons. The van der Waals surface area contributed by atoms with Crippen LogP contribution in [0.5, 0.6) is 5.75 Å². The van der Waals surface area contributed by atoms with Crippen LogP contribution in [0.1, 0.15) is 76.4 Å². The zero-order valence-electron chi connectivity index (χ0n) is 50.3. The van der Waals surface area contributed by atoms with Crippen molar-refractivity contribution in [2.45, 2.75) is 51.7 Å². The number of hydrogen-bond acceptors (Lipinski definition) is 16. The van der Waals surface area contributed by atoms with E-state index in [0.29, 0.717) is 105 Å². The quantitative estimate of drug-likeness (QED) is 0.0270. The molecule has 2 saturated heterocycles. The number of benzene rings is 5. The maximum Gasteiger partial charge on any atom is 0.336 e. The molecule has 0 spiro atoms. The highest BCUT2D eigenvalue weighted by Crippen LogP contribution is 2.60. The normalized spacial score (nSPS) is 23.7. The Morgan fingerprint density at radius 1 is 0.692 bits per heavy atom. The Morgan fingerprint density at radius 3 is 1.99 bits per heavy atom. The number of carbonyl (C=O) groups excluding carboxylic acids is 2. The molecule has 3 aliphatic carbocycles. The topological polar surface area (TPSA) is 353 Å². The number of aromatic carboxylic acids is 1. The fourth-order valence-electron chi connectivity index (χ4n) is 14.1. The summed E-state index contributed by atoms with van der Waals surface area (Å²) in [6.07, 6.45) is 2.46. The molecule has 4 aromatic carbocycles. The molecule has 0 aromatic heterocycles. The van der Waals surface area contributed by atoms with Crippen molar-refractivity contribution in [2.24, 2.45) is 28.8 Å². The Morgan fingerprint density at radius 2 is 1.33 bits per heavy atom. The number of nitrogens with one attached hydrogen (secondary N) is 3. The Kier molecular flexibility index (Phi) is 19.8. The average Bonchev–Trinajstić information content (AvgIpc) is 1.75. The first-order chi connectivity index (χ1) is 43.2. The predicted octanol–water partition coefficient (Wildman–Crippen LogP) is 8.12. The van der Waals surface area contributed by atoms with Crippen molar-refractivity contribution in [3.05, 3.63) is 152 Å². The molecular formula is C63H76N8O16P4. The van der Waals surface area contributed by atoms with E-state index >= 15 is 0 Å². The second kappa shape index (κ2) is 27.2. The SMILES string of the molecule is CC1=C2C3CC(CC3CC(=O)Nc3ccc(CP(=O)(O)CP(=O)(O)CN4CCCN5CCN(CCCN(CP(=O)(O)CP(=O)(O)O)CC5)CC4)cc3)C2C(c2ccc(CNC(=O)c3ccc(-c4c5ccc(=O)cc-5oc5cc(O)ccc45)c(C(=O)O)c3)cc2)=NN1. The third-order valence-electron chi connectivity index (χ3n) is 18.1. The van der Waals surface area contributed by atoms with Gasteiger partial charge >= 0.3 is 13.6 Å². The molecule has 4 heterocycles. The monoisotopic (exact) mass is 1320 g/mol. The number of phenols is 1. The molecule has 4 bridgehead atoms. The number of allylic oxidation sites excluding steroid dienone is 2. The highest BCUT2D eigenvalue weighted by molar-refractivity contribution is 7.74. The van der Waals surface area contributed by atoms with Gasteiger partial charge in [-0.2, -0.15) is 5.10 Å². The number of aromatic hydroxyl groups is 1. The number of amides is 2. The summed E-state index contributed by atoms with van der Waals surface area (Å²) in [7, 11) is -17.0. The van der Waals surface area contributed by atoms with Crippen molar-refractivity contribution in [1.82, 2.24) is 30.3 Å². The zero-order chi connectivity index (χ0) is 64.6. The maximum atomic E-state index is 13.8. The molecule has 9 unspecified atom stereocenters. The number of carbonyl (C=O) groups is 3. The van der Waals surface area contributed by atoms with Crippen LogP contribution in [0.4, 0.5) is 5.69 Å². The number of hydrazone groups is 1. The number of anilines is 1. The number of phenolic OH excluding ortho intramolecular Hbond substituents is 1. The number of carboxylic acids is 1. The molecule has 4 fully saturated rings. The van der Waals surface area contributed by atoms with Crippen LogP contribution >= 0.6 is 29.7 Å². The lowest BCUT2D eigenvalue weighted by molar-refractivity contribution is -0.117. The van der Waals surface area contributed by atoms with E-state index in [2.05, 4.69) is 25.9 Å². The first kappa shape index (κ1) is 66.0. The van der Waals surface area contributed by atoms with E-state index < -0.39 is 53.4 Å². The predicted molar refractivity (Wildman–Crippen MR) is 346 cm³/mol. The van der Waals surface area contributed by atoms with Gasteiger partial charge in [0, 0.05) is 104 Å². The van der Waals surface area contributed by atoms with Gasteiger partial charge in [-0.05, 0) is 153 Å². The van der Waals surface area contributed by atoms with E-state index in [0.717, 1.165) is 48.5 Å². The molecule has 4 aromatic rings. The van der Waals surface area contributed by atoms with Crippen LogP contribution in [-0.2, 0) is 35.8 Å². The van der Waals surface area contributed by atoms with Crippen molar-refractivity contribution in [3.8, 4) is 28.2 Å². The summed E-state index contributed by atoms with van der Waals surface area (Å²) in [5, 5.41) is 31.9. The summed E-state index contributed by atoms with van der Waals surface area (Å²) in [5.74, 6) is -3.00. The summed E-state index contributed by atoms with van der Waals surface area (Å²) in [6.45, 7) is 7.91. The van der Waals surface area contributed by atoms with E-state index in [1.165, 1.54) is 35.9 Å². The van der Waals surface area contributed by atoms with Gasteiger partial charge in [0.25, 0.3) is 5.91 Å². The van der Waals surface area contributed by atoms with E-state index in [1.807, 2.05) is 36.1 Å². The van der Waals surface area contributed by atoms with Crippen LogP contribution < -0.4 is 21.5 Å².